The van der Waals surface area contributed by atoms with Gasteiger partial charge in [0.05, 0.1) is 19.0 Å². The average Bonchev–Trinajstić information content (AvgIpc) is 2.79. The lowest BCUT2D eigenvalue weighted by atomic mass is 10.1. The van der Waals surface area contributed by atoms with E-state index in [0.717, 1.165) is 29.5 Å². The highest BCUT2D eigenvalue weighted by molar-refractivity contribution is 5.84. The lowest BCUT2D eigenvalue weighted by molar-refractivity contribution is 0.307. The second-order valence-electron chi connectivity index (χ2n) is 7.10. The van der Waals surface area contributed by atoms with Crippen LogP contribution in [0.4, 0.5) is 8.78 Å². The zero-order valence-corrected chi connectivity index (χ0v) is 17.0. The van der Waals surface area contributed by atoms with Gasteiger partial charge in [-0.1, -0.05) is 31.3 Å². The molecule has 154 valence electrons. The molecule has 5 heteroatoms. The van der Waals surface area contributed by atoms with Crippen LogP contribution in [0.15, 0.2) is 67.0 Å². The zero-order chi connectivity index (χ0) is 21.6. The molecule has 0 saturated heterocycles. The van der Waals surface area contributed by atoms with Gasteiger partial charge in [0.25, 0.3) is 0 Å². The number of hydrogen-bond acceptors (Lipinski definition) is 3. The maximum atomic E-state index is 13.5. The Morgan fingerprint density at radius 2 is 1.45 bits per heavy atom. The Hall–Kier alpha value is -3.78. The minimum absolute atomic E-state index is 0.611. The Kier molecular flexibility index (Phi) is 6.18. The minimum atomic E-state index is -0.865. The largest absolute Gasteiger partial charge is 0.490 e. The number of aromatic nitrogens is 2. The molecular weight excluding hydrogens is 394 g/mol. The molecule has 0 aliphatic rings. The predicted molar refractivity (Wildman–Crippen MR) is 118 cm³/mol. The normalized spacial score (nSPS) is 10.5. The molecule has 0 atom stereocenters. The van der Waals surface area contributed by atoms with Crippen molar-refractivity contribution in [2.75, 3.05) is 6.61 Å². The molecule has 0 fully saturated rings. The fourth-order valence-corrected chi connectivity index (χ4v) is 3.04. The summed E-state index contributed by atoms with van der Waals surface area (Å²) in [5, 5.41) is 1.25. The first-order valence-corrected chi connectivity index (χ1v) is 10.1. The van der Waals surface area contributed by atoms with Gasteiger partial charge in [-0.25, -0.2) is 18.7 Å². The van der Waals surface area contributed by atoms with Crippen molar-refractivity contribution in [3.05, 3.63) is 89.8 Å². The van der Waals surface area contributed by atoms with Gasteiger partial charge in [-0.3, -0.25) is 0 Å². The third-order valence-corrected chi connectivity index (χ3v) is 4.77. The quantitative estimate of drug-likeness (QED) is 0.290. The van der Waals surface area contributed by atoms with E-state index < -0.39 is 11.6 Å². The van der Waals surface area contributed by atoms with Crippen molar-refractivity contribution >= 4 is 10.8 Å². The van der Waals surface area contributed by atoms with Crippen LogP contribution >= 0.6 is 0 Å². The molecule has 0 N–H and O–H groups in total. The third kappa shape index (κ3) is 5.04. The van der Waals surface area contributed by atoms with E-state index in [1.165, 1.54) is 12.1 Å². The van der Waals surface area contributed by atoms with E-state index in [1.54, 1.807) is 30.6 Å². The van der Waals surface area contributed by atoms with Crippen LogP contribution < -0.4 is 4.74 Å². The summed E-state index contributed by atoms with van der Waals surface area (Å²) in [4.78, 5) is 8.73. The van der Waals surface area contributed by atoms with Gasteiger partial charge in [-0.05, 0) is 65.7 Å². The molecule has 0 unspecified atom stereocenters. The lowest BCUT2D eigenvalue weighted by Crippen LogP contribution is -1.98. The van der Waals surface area contributed by atoms with Crippen LogP contribution in [-0.4, -0.2) is 16.6 Å². The number of nitrogens with zero attached hydrogens (tertiary/aromatic N) is 2. The number of benzene rings is 3. The molecule has 4 aromatic rings. The van der Waals surface area contributed by atoms with E-state index in [2.05, 4.69) is 28.7 Å². The van der Waals surface area contributed by atoms with Gasteiger partial charge < -0.3 is 4.74 Å². The standard InChI is InChI=1S/C26H20F2N2O/c1-2-3-12-31-23-16-29-26(30-17-23)20-9-6-18(7-10-20)4-5-19-8-11-21-14-24(27)25(28)15-22(21)13-19/h6-11,13-17H,2-3,12H2,1H3. The Bertz CT molecular complexity index is 1260. The molecule has 3 nitrogen and oxygen atoms in total. The molecular formula is C26H20F2N2O. The summed E-state index contributed by atoms with van der Waals surface area (Å²) in [6.07, 6.45) is 5.44. The Balaban J connectivity index is 1.47. The first-order chi connectivity index (χ1) is 15.1. The molecule has 1 heterocycles. The van der Waals surface area contributed by atoms with Crippen LogP contribution in [0.5, 0.6) is 5.75 Å². The second kappa shape index (κ2) is 9.36. The Labute approximate surface area is 179 Å². The van der Waals surface area contributed by atoms with Crippen molar-refractivity contribution in [2.24, 2.45) is 0 Å². The molecule has 0 bridgehead atoms. The molecule has 0 spiro atoms. The Morgan fingerprint density at radius 3 is 2.16 bits per heavy atom. The van der Waals surface area contributed by atoms with Crippen molar-refractivity contribution in [3.8, 4) is 29.0 Å². The van der Waals surface area contributed by atoms with E-state index in [9.17, 15) is 8.78 Å². The summed E-state index contributed by atoms with van der Waals surface area (Å²) in [7, 11) is 0. The van der Waals surface area contributed by atoms with Crippen LogP contribution in [0.25, 0.3) is 22.2 Å². The topological polar surface area (TPSA) is 35.0 Å². The summed E-state index contributed by atoms with van der Waals surface area (Å²) in [5.41, 5.74) is 2.44. The lowest BCUT2D eigenvalue weighted by Gasteiger charge is -2.05. The monoisotopic (exact) mass is 414 g/mol. The van der Waals surface area contributed by atoms with Crippen LogP contribution in [0.1, 0.15) is 30.9 Å². The second-order valence-corrected chi connectivity index (χ2v) is 7.10. The molecule has 1 aromatic heterocycles. The van der Waals surface area contributed by atoms with Crippen molar-refractivity contribution in [3.63, 3.8) is 0 Å². The van der Waals surface area contributed by atoms with Gasteiger partial charge in [0.1, 0.15) is 0 Å². The average molecular weight is 414 g/mol. The molecule has 3 aromatic carbocycles. The fraction of sp³-hybridized carbons (Fsp3) is 0.154. The van der Waals surface area contributed by atoms with E-state index in [1.807, 2.05) is 24.3 Å². The number of hydrogen-bond donors (Lipinski definition) is 0. The van der Waals surface area contributed by atoms with Gasteiger partial charge in [0.2, 0.25) is 0 Å². The third-order valence-electron chi connectivity index (χ3n) is 4.77. The van der Waals surface area contributed by atoms with E-state index in [4.69, 9.17) is 4.74 Å². The number of unbranched alkanes of at least 4 members (excludes halogenated alkanes) is 1. The van der Waals surface area contributed by atoms with E-state index >= 15 is 0 Å². The van der Waals surface area contributed by atoms with E-state index in [0.29, 0.717) is 29.0 Å². The van der Waals surface area contributed by atoms with Crippen molar-refractivity contribution in [1.29, 1.82) is 0 Å². The maximum absolute atomic E-state index is 13.5. The molecule has 31 heavy (non-hydrogen) atoms. The molecule has 0 radical (unpaired) electrons. The highest BCUT2D eigenvalue weighted by Crippen LogP contribution is 2.20. The molecule has 4 rings (SSSR count). The predicted octanol–water partition coefficient (Wildman–Crippen LogP) is 6.15. The minimum Gasteiger partial charge on any atom is -0.490 e. The van der Waals surface area contributed by atoms with Gasteiger partial charge >= 0.3 is 0 Å². The van der Waals surface area contributed by atoms with Crippen molar-refractivity contribution in [1.82, 2.24) is 9.97 Å². The molecule has 0 aliphatic carbocycles. The van der Waals surface area contributed by atoms with E-state index in [-0.39, 0.29) is 0 Å². The SMILES string of the molecule is CCCCOc1cnc(-c2ccc(C#Cc3ccc4cc(F)c(F)cc4c3)cc2)nc1. The van der Waals surface area contributed by atoms with Crippen LogP contribution in [0.3, 0.4) is 0 Å². The highest BCUT2D eigenvalue weighted by atomic mass is 19.2. The first kappa shape index (κ1) is 20.5. The fourth-order valence-electron chi connectivity index (χ4n) is 3.04. The van der Waals surface area contributed by atoms with Crippen LogP contribution in [0, 0.1) is 23.5 Å². The zero-order valence-electron chi connectivity index (χ0n) is 17.0. The molecule has 0 amide bonds. The van der Waals surface area contributed by atoms with Gasteiger partial charge in [-0.15, -0.1) is 0 Å². The van der Waals surface area contributed by atoms with Crippen molar-refractivity contribution in [2.45, 2.75) is 19.8 Å². The number of ether oxygens (including phenoxy) is 1. The summed E-state index contributed by atoms with van der Waals surface area (Å²) >= 11 is 0. The van der Waals surface area contributed by atoms with Gasteiger partial charge in [0.15, 0.2) is 23.2 Å². The maximum Gasteiger partial charge on any atom is 0.159 e. The number of fused-ring (bicyclic) bond motifs is 1. The first-order valence-electron chi connectivity index (χ1n) is 10.1. The number of rotatable bonds is 5. The van der Waals surface area contributed by atoms with Crippen molar-refractivity contribution < 1.29 is 13.5 Å². The summed E-state index contributed by atoms with van der Waals surface area (Å²) in [6.45, 7) is 2.78. The summed E-state index contributed by atoms with van der Waals surface area (Å²) in [5.74, 6) is 5.72. The summed E-state index contributed by atoms with van der Waals surface area (Å²) in [6, 6.07) is 15.3. The van der Waals surface area contributed by atoms with Crippen LogP contribution in [-0.2, 0) is 0 Å². The highest BCUT2D eigenvalue weighted by Gasteiger charge is 2.04. The van der Waals surface area contributed by atoms with Gasteiger partial charge in [0, 0.05) is 16.7 Å². The van der Waals surface area contributed by atoms with Gasteiger partial charge in [-0.2, -0.15) is 0 Å². The number of halogens is 2. The Morgan fingerprint density at radius 1 is 0.806 bits per heavy atom. The molecule has 0 aliphatic heterocycles. The molecule has 0 saturated carbocycles. The smallest absolute Gasteiger partial charge is 0.159 e. The van der Waals surface area contributed by atoms with Crippen LogP contribution in [0.2, 0.25) is 0 Å². The summed E-state index contributed by atoms with van der Waals surface area (Å²) < 4.78 is 32.4.